The van der Waals surface area contributed by atoms with E-state index in [-0.39, 0.29) is 11.3 Å². The summed E-state index contributed by atoms with van der Waals surface area (Å²) in [6.07, 6.45) is -6.72. The zero-order chi connectivity index (χ0) is 16.8. The fourth-order valence-electron chi connectivity index (χ4n) is 6.19. The van der Waals surface area contributed by atoms with Crippen LogP contribution < -0.4 is 0 Å². The zero-order valence-corrected chi connectivity index (χ0v) is 12.0. The number of hydrogen-bond donors (Lipinski definition) is 0. The van der Waals surface area contributed by atoms with E-state index >= 15 is 0 Å². The maximum Gasteiger partial charge on any atom is 0.432 e. The fraction of sp³-hybridized carbons (Fsp3) is 0.867. The summed E-state index contributed by atoms with van der Waals surface area (Å²) in [7, 11) is 0. The highest BCUT2D eigenvalue weighted by Gasteiger charge is 2.83. The smallest absolute Gasteiger partial charge is 0.432 e. The van der Waals surface area contributed by atoms with Crippen LogP contribution in [0.2, 0.25) is 0 Å². The van der Waals surface area contributed by atoms with Gasteiger partial charge in [0.1, 0.15) is 0 Å². The first kappa shape index (κ1) is 15.3. The minimum Gasteiger partial charge on any atom is -0.445 e. The Morgan fingerprint density at radius 2 is 1.78 bits per heavy atom. The molecule has 6 atom stereocenters. The van der Waals surface area contributed by atoms with Crippen LogP contribution in [0, 0.1) is 28.6 Å². The number of carbonyl (C=O) groups is 2. The second kappa shape index (κ2) is 4.06. The molecule has 0 amide bonds. The van der Waals surface area contributed by atoms with E-state index in [0.29, 0.717) is 24.7 Å². The number of alkyl halides is 5. The molecule has 4 saturated carbocycles. The lowest BCUT2D eigenvalue weighted by molar-refractivity contribution is -0.292. The standard InChI is InChI=1S/C15H15F5O3/c16-14(17,6-21)10(15(18,19)20)23-11(22)12-3-7-1-8-2-9(5-12)13(8,12)4-7/h6-10H,1-5H2. The quantitative estimate of drug-likeness (QED) is 0.449. The van der Waals surface area contributed by atoms with Gasteiger partial charge in [0.15, 0.2) is 6.29 Å². The van der Waals surface area contributed by atoms with Crippen LogP contribution in [-0.2, 0) is 14.3 Å². The van der Waals surface area contributed by atoms with Gasteiger partial charge in [0.25, 0.3) is 6.10 Å². The molecule has 0 aromatic heterocycles. The highest BCUT2D eigenvalue weighted by molar-refractivity contribution is 5.82. The third-order valence-electron chi connectivity index (χ3n) is 6.81. The average Bonchev–Trinajstić information content (AvgIpc) is 2.91. The molecule has 3 nitrogen and oxygen atoms in total. The van der Waals surface area contributed by atoms with Gasteiger partial charge in [-0.15, -0.1) is 0 Å². The molecule has 0 radical (unpaired) electrons. The Labute approximate surface area is 128 Å². The number of rotatable bonds is 4. The molecule has 4 aliphatic carbocycles. The zero-order valence-electron chi connectivity index (χ0n) is 12.0. The highest BCUT2D eigenvalue weighted by Crippen LogP contribution is 2.86. The lowest BCUT2D eigenvalue weighted by Crippen LogP contribution is -2.70. The van der Waals surface area contributed by atoms with Gasteiger partial charge in [-0.3, -0.25) is 9.59 Å². The van der Waals surface area contributed by atoms with E-state index in [4.69, 9.17) is 0 Å². The van der Waals surface area contributed by atoms with Crippen LogP contribution in [0.4, 0.5) is 22.0 Å². The maximum absolute atomic E-state index is 13.3. The molecule has 4 aliphatic rings. The summed E-state index contributed by atoms with van der Waals surface area (Å²) in [5, 5.41) is 0. The van der Waals surface area contributed by atoms with Crippen LogP contribution in [-0.4, -0.2) is 30.5 Å². The summed E-state index contributed by atoms with van der Waals surface area (Å²) in [5.74, 6) is -5.07. The van der Waals surface area contributed by atoms with E-state index in [1.807, 2.05) is 0 Å². The van der Waals surface area contributed by atoms with Gasteiger partial charge in [-0.05, 0) is 55.3 Å². The summed E-state index contributed by atoms with van der Waals surface area (Å²) in [6, 6.07) is 0. The van der Waals surface area contributed by atoms with E-state index in [0.717, 1.165) is 19.3 Å². The third-order valence-corrected chi connectivity index (χ3v) is 6.81. The Balaban J connectivity index is 1.60. The van der Waals surface area contributed by atoms with Crippen molar-refractivity contribution < 1.29 is 36.3 Å². The van der Waals surface area contributed by atoms with Crippen molar-refractivity contribution in [1.29, 1.82) is 0 Å². The van der Waals surface area contributed by atoms with Crippen LogP contribution in [0.15, 0.2) is 0 Å². The summed E-state index contributed by atoms with van der Waals surface area (Å²) >= 11 is 0. The second-order valence-electron chi connectivity index (χ2n) is 7.59. The van der Waals surface area contributed by atoms with Crippen molar-refractivity contribution in [2.24, 2.45) is 28.6 Å². The molecule has 0 heterocycles. The summed E-state index contributed by atoms with van der Waals surface area (Å²) in [6.45, 7) is 0. The van der Waals surface area contributed by atoms with E-state index in [1.54, 1.807) is 0 Å². The number of carbonyl (C=O) groups excluding carboxylic acids is 2. The van der Waals surface area contributed by atoms with E-state index in [9.17, 15) is 31.5 Å². The predicted octanol–water partition coefficient (Wildman–Crippen LogP) is 3.12. The summed E-state index contributed by atoms with van der Waals surface area (Å²) in [4.78, 5) is 22.7. The van der Waals surface area contributed by atoms with Gasteiger partial charge >= 0.3 is 18.1 Å². The Bertz CT molecular complexity index is 588. The van der Waals surface area contributed by atoms with Gasteiger partial charge in [0.2, 0.25) is 0 Å². The second-order valence-corrected chi connectivity index (χ2v) is 7.59. The summed E-state index contributed by atoms with van der Waals surface area (Å²) in [5.41, 5.74) is -1.35. The van der Waals surface area contributed by atoms with Gasteiger partial charge in [-0.2, -0.15) is 22.0 Å². The highest BCUT2D eigenvalue weighted by atomic mass is 19.4. The molecule has 1 spiro atoms. The van der Waals surface area contributed by atoms with Gasteiger partial charge in [-0.1, -0.05) is 0 Å². The Morgan fingerprint density at radius 3 is 2.30 bits per heavy atom. The first-order valence-corrected chi connectivity index (χ1v) is 7.69. The molecule has 2 bridgehead atoms. The monoisotopic (exact) mass is 338 g/mol. The number of fused-ring (bicyclic) bond motifs is 1. The van der Waals surface area contributed by atoms with Crippen molar-refractivity contribution in [3.63, 3.8) is 0 Å². The molecule has 6 unspecified atom stereocenters. The molecule has 0 aromatic carbocycles. The number of hydrogen-bond acceptors (Lipinski definition) is 3. The minimum absolute atomic E-state index is 0.274. The first-order valence-electron chi connectivity index (χ1n) is 7.69. The van der Waals surface area contributed by atoms with Gasteiger partial charge in [0.05, 0.1) is 5.41 Å². The molecule has 0 aromatic rings. The van der Waals surface area contributed by atoms with Crippen molar-refractivity contribution >= 4 is 12.3 Å². The molecule has 4 fully saturated rings. The molecule has 128 valence electrons. The van der Waals surface area contributed by atoms with E-state index < -0.39 is 35.9 Å². The molecule has 0 aliphatic heterocycles. The summed E-state index contributed by atoms with van der Waals surface area (Å²) < 4.78 is 69.4. The van der Waals surface area contributed by atoms with E-state index in [2.05, 4.69) is 4.74 Å². The van der Waals surface area contributed by atoms with E-state index in [1.165, 1.54) is 0 Å². The molecule has 0 N–H and O–H groups in total. The lowest BCUT2D eigenvalue weighted by atomic mass is 9.32. The predicted molar refractivity (Wildman–Crippen MR) is 65.4 cm³/mol. The van der Waals surface area contributed by atoms with Crippen LogP contribution >= 0.6 is 0 Å². The molecule has 0 saturated heterocycles. The van der Waals surface area contributed by atoms with Crippen LogP contribution in [0.5, 0.6) is 0 Å². The minimum atomic E-state index is -5.49. The number of halogens is 5. The topological polar surface area (TPSA) is 43.4 Å². The van der Waals surface area contributed by atoms with Crippen LogP contribution in [0.1, 0.15) is 32.1 Å². The van der Waals surface area contributed by atoms with Crippen molar-refractivity contribution in [1.82, 2.24) is 0 Å². The number of esters is 1. The molecule has 8 heteroatoms. The van der Waals surface area contributed by atoms with Crippen LogP contribution in [0.25, 0.3) is 0 Å². The Kier molecular flexibility index (Phi) is 2.70. The van der Waals surface area contributed by atoms with Crippen molar-refractivity contribution in [2.45, 2.75) is 50.3 Å². The molecule has 4 rings (SSSR count). The van der Waals surface area contributed by atoms with Crippen molar-refractivity contribution in [3.8, 4) is 0 Å². The fourth-order valence-corrected chi connectivity index (χ4v) is 6.19. The Morgan fingerprint density at radius 1 is 1.09 bits per heavy atom. The van der Waals surface area contributed by atoms with Crippen molar-refractivity contribution in [2.75, 3.05) is 0 Å². The largest absolute Gasteiger partial charge is 0.445 e. The third kappa shape index (κ3) is 1.60. The maximum atomic E-state index is 13.3. The van der Waals surface area contributed by atoms with Crippen LogP contribution in [0.3, 0.4) is 0 Å². The molecule has 23 heavy (non-hydrogen) atoms. The van der Waals surface area contributed by atoms with Crippen molar-refractivity contribution in [3.05, 3.63) is 0 Å². The Hall–Kier alpha value is -1.21. The first-order chi connectivity index (χ1) is 10.6. The molecular weight excluding hydrogens is 323 g/mol. The van der Waals surface area contributed by atoms with Gasteiger partial charge < -0.3 is 4.74 Å². The van der Waals surface area contributed by atoms with Gasteiger partial charge in [-0.25, -0.2) is 0 Å². The lowest BCUT2D eigenvalue weighted by Gasteiger charge is -2.71. The van der Waals surface area contributed by atoms with Gasteiger partial charge in [0, 0.05) is 0 Å². The number of aldehydes is 1. The number of ether oxygens (including phenoxy) is 1. The average molecular weight is 338 g/mol. The molecular formula is C15H15F5O3. The SMILES string of the molecule is O=CC(F)(F)C(OC(=O)C12CC3CC4CC(C1)C42C3)C(F)(F)F. The normalized spacial score (nSPS) is 44.8.